The minimum atomic E-state index is 0.427. The Morgan fingerprint density at radius 1 is 1.36 bits per heavy atom. The third-order valence-corrected chi connectivity index (χ3v) is 2.53. The number of nitrogens with zero attached hydrogens (tertiary/aromatic N) is 1. The maximum atomic E-state index is 6.11. The predicted molar refractivity (Wildman–Crippen MR) is 59.4 cm³/mol. The van der Waals surface area contributed by atoms with Crippen LogP contribution in [0, 0.1) is 0 Å². The van der Waals surface area contributed by atoms with Gasteiger partial charge in [0.2, 0.25) is 0 Å². The number of benzene rings is 1. The smallest absolute Gasteiger partial charge is 0.121 e. The molecule has 1 aromatic rings. The van der Waals surface area contributed by atoms with E-state index in [9.17, 15) is 0 Å². The van der Waals surface area contributed by atoms with Crippen molar-refractivity contribution < 1.29 is 4.74 Å². The molecule has 0 amide bonds. The zero-order chi connectivity index (χ0) is 10.1. The van der Waals surface area contributed by atoms with Crippen LogP contribution in [0.25, 0.3) is 0 Å². The van der Waals surface area contributed by atoms with Gasteiger partial charge in [-0.25, -0.2) is 0 Å². The molecule has 0 aromatic heterocycles. The summed E-state index contributed by atoms with van der Waals surface area (Å²) in [7, 11) is 3.95. The molecule has 0 spiro atoms. The molecule has 0 bridgehead atoms. The Morgan fingerprint density at radius 2 is 2.07 bits per heavy atom. The minimum absolute atomic E-state index is 0.427. The summed E-state index contributed by atoms with van der Waals surface area (Å²) in [5, 5.41) is 0.744. The highest BCUT2D eigenvalue weighted by Gasteiger charge is 2.23. The lowest BCUT2D eigenvalue weighted by molar-refractivity contribution is 0.303. The molecular weight excluding hydrogens is 198 g/mol. The van der Waals surface area contributed by atoms with Crippen LogP contribution >= 0.6 is 11.6 Å². The fourth-order valence-electron chi connectivity index (χ4n) is 1.30. The highest BCUT2D eigenvalue weighted by molar-refractivity contribution is 6.33. The van der Waals surface area contributed by atoms with Crippen molar-refractivity contribution in [3.05, 3.63) is 23.2 Å². The molecule has 3 heteroatoms. The predicted octanol–water partition coefficient (Wildman–Crippen LogP) is 2.95. The second kappa shape index (κ2) is 3.70. The van der Waals surface area contributed by atoms with Gasteiger partial charge in [0, 0.05) is 20.2 Å². The SMILES string of the molecule is CN(C)c1ccc(OC2CC2)cc1Cl. The summed E-state index contributed by atoms with van der Waals surface area (Å²) in [6.07, 6.45) is 2.77. The normalized spacial score (nSPS) is 15.4. The molecule has 0 N–H and O–H groups in total. The Labute approximate surface area is 89.4 Å². The summed E-state index contributed by atoms with van der Waals surface area (Å²) in [5.41, 5.74) is 1.02. The number of hydrogen-bond acceptors (Lipinski definition) is 2. The van der Waals surface area contributed by atoms with Gasteiger partial charge < -0.3 is 9.64 Å². The molecule has 0 atom stereocenters. The lowest BCUT2D eigenvalue weighted by atomic mass is 10.3. The zero-order valence-corrected chi connectivity index (χ0v) is 9.21. The Balaban J connectivity index is 2.16. The van der Waals surface area contributed by atoms with E-state index < -0.39 is 0 Å². The number of ether oxygens (including phenoxy) is 1. The highest BCUT2D eigenvalue weighted by atomic mass is 35.5. The first kappa shape index (κ1) is 9.66. The fourth-order valence-corrected chi connectivity index (χ4v) is 1.64. The monoisotopic (exact) mass is 211 g/mol. The first-order chi connectivity index (χ1) is 6.66. The first-order valence-electron chi connectivity index (χ1n) is 4.80. The van der Waals surface area contributed by atoms with Crippen LogP contribution in [0.5, 0.6) is 5.75 Å². The molecule has 0 aliphatic heterocycles. The van der Waals surface area contributed by atoms with Crippen LogP contribution in [0.2, 0.25) is 5.02 Å². The van der Waals surface area contributed by atoms with Crippen molar-refractivity contribution in [3.8, 4) is 5.75 Å². The number of hydrogen-bond donors (Lipinski definition) is 0. The van der Waals surface area contributed by atoms with Crippen molar-refractivity contribution in [2.75, 3.05) is 19.0 Å². The summed E-state index contributed by atoms with van der Waals surface area (Å²) in [4.78, 5) is 1.99. The Kier molecular flexibility index (Phi) is 2.55. The zero-order valence-electron chi connectivity index (χ0n) is 8.46. The fraction of sp³-hybridized carbons (Fsp3) is 0.455. The van der Waals surface area contributed by atoms with Crippen LogP contribution in [-0.2, 0) is 0 Å². The molecule has 2 rings (SSSR count). The standard InChI is InChI=1S/C11H14ClNO/c1-13(2)11-6-5-9(7-10(11)12)14-8-3-4-8/h5-8H,3-4H2,1-2H3. The van der Waals surface area contributed by atoms with E-state index in [0.717, 1.165) is 16.5 Å². The third-order valence-electron chi connectivity index (χ3n) is 2.23. The molecule has 14 heavy (non-hydrogen) atoms. The average molecular weight is 212 g/mol. The highest BCUT2D eigenvalue weighted by Crippen LogP contribution is 2.32. The molecule has 2 nitrogen and oxygen atoms in total. The second-order valence-electron chi connectivity index (χ2n) is 3.82. The van der Waals surface area contributed by atoms with Crippen LogP contribution < -0.4 is 9.64 Å². The van der Waals surface area contributed by atoms with Gasteiger partial charge in [0.25, 0.3) is 0 Å². The van der Waals surface area contributed by atoms with Crippen LogP contribution in [0.4, 0.5) is 5.69 Å². The Hall–Kier alpha value is -0.890. The van der Waals surface area contributed by atoms with Gasteiger partial charge in [0.1, 0.15) is 5.75 Å². The van der Waals surface area contributed by atoms with Gasteiger partial charge in [-0.15, -0.1) is 0 Å². The summed E-state index contributed by atoms with van der Waals surface area (Å²) >= 11 is 6.11. The van der Waals surface area contributed by atoms with Gasteiger partial charge in [-0.2, -0.15) is 0 Å². The maximum Gasteiger partial charge on any atom is 0.121 e. The van der Waals surface area contributed by atoms with E-state index in [1.807, 2.05) is 37.2 Å². The second-order valence-corrected chi connectivity index (χ2v) is 4.23. The van der Waals surface area contributed by atoms with Gasteiger partial charge in [-0.3, -0.25) is 0 Å². The molecule has 1 aliphatic carbocycles. The Bertz CT molecular complexity index is 334. The van der Waals surface area contributed by atoms with Crippen LogP contribution in [0.15, 0.2) is 18.2 Å². The molecule has 1 aliphatic rings. The van der Waals surface area contributed by atoms with E-state index >= 15 is 0 Å². The number of rotatable bonds is 3. The van der Waals surface area contributed by atoms with Crippen LogP contribution in [0.1, 0.15) is 12.8 Å². The molecular formula is C11H14ClNO. The first-order valence-corrected chi connectivity index (χ1v) is 5.18. The van der Waals surface area contributed by atoms with Crippen molar-refractivity contribution in [3.63, 3.8) is 0 Å². The molecule has 0 radical (unpaired) electrons. The third kappa shape index (κ3) is 2.13. The van der Waals surface area contributed by atoms with Gasteiger partial charge >= 0.3 is 0 Å². The lowest BCUT2D eigenvalue weighted by Crippen LogP contribution is -2.09. The van der Waals surface area contributed by atoms with Crippen molar-refractivity contribution in [2.45, 2.75) is 18.9 Å². The molecule has 76 valence electrons. The molecule has 1 fully saturated rings. The Morgan fingerprint density at radius 3 is 2.57 bits per heavy atom. The summed E-state index contributed by atoms with van der Waals surface area (Å²) < 4.78 is 5.64. The minimum Gasteiger partial charge on any atom is -0.490 e. The average Bonchev–Trinajstić information content (AvgIpc) is 2.87. The van der Waals surface area contributed by atoms with Crippen LogP contribution in [-0.4, -0.2) is 20.2 Å². The molecule has 0 saturated heterocycles. The van der Waals surface area contributed by atoms with Crippen molar-refractivity contribution in [1.82, 2.24) is 0 Å². The van der Waals surface area contributed by atoms with Gasteiger partial charge in [-0.1, -0.05) is 11.6 Å². The summed E-state index contributed by atoms with van der Waals surface area (Å²) in [6, 6.07) is 5.84. The van der Waals surface area contributed by atoms with Crippen molar-refractivity contribution in [1.29, 1.82) is 0 Å². The van der Waals surface area contributed by atoms with Crippen LogP contribution in [0.3, 0.4) is 0 Å². The van der Waals surface area contributed by atoms with Crippen molar-refractivity contribution >= 4 is 17.3 Å². The van der Waals surface area contributed by atoms with Crippen molar-refractivity contribution in [2.24, 2.45) is 0 Å². The topological polar surface area (TPSA) is 12.5 Å². The summed E-state index contributed by atoms with van der Waals surface area (Å²) in [6.45, 7) is 0. The molecule has 0 heterocycles. The molecule has 1 saturated carbocycles. The van der Waals surface area contributed by atoms with E-state index in [1.54, 1.807) is 0 Å². The van der Waals surface area contributed by atoms with E-state index in [0.29, 0.717) is 6.10 Å². The molecule has 1 aromatic carbocycles. The van der Waals surface area contributed by atoms with E-state index in [1.165, 1.54) is 12.8 Å². The van der Waals surface area contributed by atoms with Gasteiger partial charge in [-0.05, 0) is 25.0 Å². The number of anilines is 1. The van der Waals surface area contributed by atoms with Gasteiger partial charge in [0.05, 0.1) is 16.8 Å². The largest absolute Gasteiger partial charge is 0.490 e. The quantitative estimate of drug-likeness (QED) is 0.762. The van der Waals surface area contributed by atoms with E-state index in [2.05, 4.69) is 0 Å². The lowest BCUT2D eigenvalue weighted by Gasteiger charge is -2.15. The van der Waals surface area contributed by atoms with E-state index in [4.69, 9.17) is 16.3 Å². The number of halogens is 1. The summed E-state index contributed by atoms with van der Waals surface area (Å²) in [5.74, 6) is 0.878. The van der Waals surface area contributed by atoms with Gasteiger partial charge in [0.15, 0.2) is 0 Å². The molecule has 0 unspecified atom stereocenters. The maximum absolute atomic E-state index is 6.11. The van der Waals surface area contributed by atoms with E-state index in [-0.39, 0.29) is 0 Å².